The van der Waals surface area contributed by atoms with E-state index in [1.165, 1.54) is 24.6 Å². The third-order valence-electron chi connectivity index (χ3n) is 3.05. The van der Waals surface area contributed by atoms with Gasteiger partial charge in [0, 0.05) is 5.39 Å². The minimum Gasteiger partial charge on any atom is -0.258 e. The van der Waals surface area contributed by atoms with Gasteiger partial charge in [-0.2, -0.15) is 0 Å². The van der Waals surface area contributed by atoms with E-state index in [0.717, 1.165) is 0 Å². The fraction of sp³-hybridized carbons (Fsp3) is 0.250. The summed E-state index contributed by atoms with van der Waals surface area (Å²) in [6, 6.07) is 5.82. The molecular weight excluding hydrogens is 240 g/mol. The highest BCUT2D eigenvalue weighted by molar-refractivity contribution is 6.37. The molecule has 0 radical (unpaired) electrons. The number of hydrogen-bond donors (Lipinski definition) is 0. The smallest absolute Gasteiger partial charge is 0.258 e. The summed E-state index contributed by atoms with van der Waals surface area (Å²) < 4.78 is 0. The Hall–Kier alpha value is -1.68. The van der Waals surface area contributed by atoms with Crippen LogP contribution in [0.2, 0.25) is 5.02 Å². The van der Waals surface area contributed by atoms with Crippen molar-refractivity contribution in [2.45, 2.75) is 18.8 Å². The molecular formula is C12H9ClN2O2. The van der Waals surface area contributed by atoms with Crippen molar-refractivity contribution in [1.82, 2.24) is 4.98 Å². The van der Waals surface area contributed by atoms with Crippen LogP contribution in [0.1, 0.15) is 24.3 Å². The second-order valence-corrected chi connectivity index (χ2v) is 4.64. The molecule has 3 rings (SSSR count). The van der Waals surface area contributed by atoms with Gasteiger partial charge in [-0.15, -0.1) is 0 Å². The van der Waals surface area contributed by atoms with Gasteiger partial charge in [0.1, 0.15) is 11.2 Å². The topological polar surface area (TPSA) is 56.0 Å². The summed E-state index contributed by atoms with van der Waals surface area (Å²) in [5.74, 6) is 0.592. The van der Waals surface area contributed by atoms with E-state index in [-0.39, 0.29) is 10.7 Å². The molecule has 0 spiro atoms. The largest absolute Gasteiger partial charge is 0.306 e. The van der Waals surface area contributed by atoms with Crippen LogP contribution in [-0.4, -0.2) is 9.91 Å². The Morgan fingerprint density at radius 2 is 2.18 bits per heavy atom. The number of rotatable bonds is 2. The molecule has 4 nitrogen and oxygen atoms in total. The zero-order valence-electron chi connectivity index (χ0n) is 8.89. The molecule has 0 amide bonds. The van der Waals surface area contributed by atoms with E-state index in [0.29, 0.717) is 16.8 Å². The minimum atomic E-state index is -0.501. The van der Waals surface area contributed by atoms with Crippen molar-refractivity contribution in [2.24, 2.45) is 0 Å². The third-order valence-corrected chi connectivity index (χ3v) is 3.45. The Bertz CT molecular complexity index is 623. The van der Waals surface area contributed by atoms with Crippen molar-refractivity contribution < 1.29 is 4.92 Å². The number of benzene rings is 1. The van der Waals surface area contributed by atoms with Crippen molar-refractivity contribution in [3.63, 3.8) is 0 Å². The molecule has 1 aliphatic carbocycles. The SMILES string of the molecule is O=[N+]([O-])c1cnc2ccc(C3CC3)cc2c1Cl. The van der Waals surface area contributed by atoms with Crippen LogP contribution in [0, 0.1) is 10.1 Å². The van der Waals surface area contributed by atoms with E-state index in [4.69, 9.17) is 11.6 Å². The number of pyridine rings is 1. The predicted molar refractivity (Wildman–Crippen MR) is 65.4 cm³/mol. The Morgan fingerprint density at radius 3 is 2.82 bits per heavy atom. The van der Waals surface area contributed by atoms with Gasteiger partial charge < -0.3 is 0 Å². The van der Waals surface area contributed by atoms with E-state index in [9.17, 15) is 10.1 Å². The Kier molecular flexibility index (Phi) is 2.26. The third kappa shape index (κ3) is 1.74. The molecule has 1 saturated carbocycles. The first-order valence-electron chi connectivity index (χ1n) is 5.39. The lowest BCUT2D eigenvalue weighted by atomic mass is 10.1. The maximum Gasteiger partial charge on any atom is 0.306 e. The average molecular weight is 249 g/mol. The Morgan fingerprint density at radius 1 is 1.41 bits per heavy atom. The molecule has 1 aliphatic rings. The molecule has 0 unspecified atom stereocenters. The van der Waals surface area contributed by atoms with Crippen LogP contribution in [0.15, 0.2) is 24.4 Å². The van der Waals surface area contributed by atoms with Crippen LogP contribution >= 0.6 is 11.6 Å². The predicted octanol–water partition coefficient (Wildman–Crippen LogP) is 3.67. The molecule has 0 N–H and O–H groups in total. The summed E-state index contributed by atoms with van der Waals surface area (Å²) in [4.78, 5) is 14.3. The van der Waals surface area contributed by atoms with Crippen LogP contribution < -0.4 is 0 Å². The molecule has 0 atom stereocenters. The highest BCUT2D eigenvalue weighted by Gasteiger charge is 2.24. The van der Waals surface area contributed by atoms with Gasteiger partial charge in [-0.05, 0) is 36.5 Å². The Labute approximate surface area is 102 Å². The molecule has 5 heteroatoms. The van der Waals surface area contributed by atoms with Crippen LogP contribution in [0.5, 0.6) is 0 Å². The van der Waals surface area contributed by atoms with Gasteiger partial charge in [0.2, 0.25) is 0 Å². The Balaban J connectivity index is 2.24. The highest BCUT2D eigenvalue weighted by atomic mass is 35.5. The molecule has 1 aromatic carbocycles. The number of nitro groups is 1. The van der Waals surface area contributed by atoms with Crippen molar-refractivity contribution in [3.8, 4) is 0 Å². The van der Waals surface area contributed by atoms with E-state index >= 15 is 0 Å². The molecule has 0 aliphatic heterocycles. The van der Waals surface area contributed by atoms with Crippen molar-refractivity contribution >= 4 is 28.2 Å². The normalized spacial score (nSPS) is 15.1. The zero-order valence-corrected chi connectivity index (χ0v) is 9.65. The second-order valence-electron chi connectivity index (χ2n) is 4.27. The minimum absolute atomic E-state index is 0.132. The number of halogens is 1. The number of aromatic nitrogens is 1. The van der Waals surface area contributed by atoms with Crippen LogP contribution in [0.3, 0.4) is 0 Å². The number of fused-ring (bicyclic) bond motifs is 1. The molecule has 86 valence electrons. The summed E-state index contributed by atoms with van der Waals surface area (Å²) in [6.45, 7) is 0. The maximum absolute atomic E-state index is 10.8. The fourth-order valence-electron chi connectivity index (χ4n) is 1.97. The first kappa shape index (κ1) is 10.5. The van der Waals surface area contributed by atoms with Crippen molar-refractivity contribution in [2.75, 3.05) is 0 Å². The van der Waals surface area contributed by atoms with Gasteiger partial charge in [0.25, 0.3) is 0 Å². The summed E-state index contributed by atoms with van der Waals surface area (Å²) in [5.41, 5.74) is 1.76. The van der Waals surface area contributed by atoms with Crippen molar-refractivity contribution in [3.05, 3.63) is 45.1 Å². The standard InChI is InChI=1S/C12H9ClN2O2/c13-12-9-5-8(7-1-2-7)3-4-10(9)14-6-11(12)15(16)17/h3-7H,1-2H2. The van der Waals surface area contributed by atoms with Gasteiger partial charge in [-0.25, -0.2) is 4.98 Å². The van der Waals surface area contributed by atoms with Gasteiger partial charge >= 0.3 is 5.69 Å². The van der Waals surface area contributed by atoms with E-state index in [1.807, 2.05) is 18.2 Å². The molecule has 1 aromatic heterocycles. The van der Waals surface area contributed by atoms with Crippen LogP contribution in [0.25, 0.3) is 10.9 Å². The summed E-state index contributed by atoms with van der Waals surface area (Å²) in [6.07, 6.45) is 3.58. The lowest BCUT2D eigenvalue weighted by molar-refractivity contribution is -0.384. The molecule has 1 heterocycles. The van der Waals surface area contributed by atoms with Gasteiger partial charge in [-0.1, -0.05) is 17.7 Å². The quantitative estimate of drug-likeness (QED) is 0.602. The number of nitrogens with zero attached hydrogens (tertiary/aromatic N) is 2. The lowest BCUT2D eigenvalue weighted by Gasteiger charge is -2.03. The van der Waals surface area contributed by atoms with Crippen LogP contribution in [0.4, 0.5) is 5.69 Å². The van der Waals surface area contributed by atoms with Crippen molar-refractivity contribution in [1.29, 1.82) is 0 Å². The molecule has 2 aromatic rings. The second kappa shape index (κ2) is 3.67. The summed E-state index contributed by atoms with van der Waals surface area (Å²) in [5, 5.41) is 11.6. The summed E-state index contributed by atoms with van der Waals surface area (Å²) in [7, 11) is 0. The fourth-order valence-corrected chi connectivity index (χ4v) is 2.23. The molecule has 17 heavy (non-hydrogen) atoms. The lowest BCUT2D eigenvalue weighted by Crippen LogP contribution is -1.92. The van der Waals surface area contributed by atoms with Gasteiger partial charge in [-0.3, -0.25) is 10.1 Å². The van der Waals surface area contributed by atoms with Gasteiger partial charge in [0.05, 0.1) is 10.4 Å². The van der Waals surface area contributed by atoms with E-state index in [2.05, 4.69) is 4.98 Å². The number of hydrogen-bond acceptors (Lipinski definition) is 3. The first-order chi connectivity index (χ1) is 8.16. The van der Waals surface area contributed by atoms with Crippen LogP contribution in [-0.2, 0) is 0 Å². The summed E-state index contributed by atoms with van der Waals surface area (Å²) >= 11 is 6.05. The average Bonchev–Trinajstić information content (AvgIpc) is 3.12. The van der Waals surface area contributed by atoms with E-state index < -0.39 is 4.92 Å². The molecule has 0 bridgehead atoms. The van der Waals surface area contributed by atoms with E-state index in [1.54, 1.807) is 0 Å². The zero-order chi connectivity index (χ0) is 12.0. The van der Waals surface area contributed by atoms with Gasteiger partial charge in [0.15, 0.2) is 0 Å². The molecule has 1 fully saturated rings. The maximum atomic E-state index is 10.8. The monoisotopic (exact) mass is 248 g/mol. The first-order valence-corrected chi connectivity index (χ1v) is 5.77. The molecule has 0 saturated heterocycles. The highest BCUT2D eigenvalue weighted by Crippen LogP contribution is 2.42.